The number of ether oxygens (including phenoxy) is 1. The van der Waals surface area contributed by atoms with Crippen LogP contribution in [0.25, 0.3) is 10.9 Å². The number of rotatable bonds is 11. The molecular weight excluding hydrogens is 470 g/mol. The number of para-hydroxylation sites is 1. The summed E-state index contributed by atoms with van der Waals surface area (Å²) in [4.78, 5) is 15.7. The van der Waals surface area contributed by atoms with Crippen LogP contribution in [0.3, 0.4) is 0 Å². The van der Waals surface area contributed by atoms with E-state index in [0.717, 1.165) is 37.5 Å². The van der Waals surface area contributed by atoms with E-state index < -0.39 is 0 Å². The minimum absolute atomic E-state index is 0.0540. The number of likely N-dealkylation sites (tertiary alicyclic amines) is 1. The molecule has 0 radical (unpaired) electrons. The summed E-state index contributed by atoms with van der Waals surface area (Å²) >= 11 is 0. The van der Waals surface area contributed by atoms with E-state index in [4.69, 9.17) is 4.74 Å². The summed E-state index contributed by atoms with van der Waals surface area (Å²) in [6, 6.07) is 25.5. The van der Waals surface area contributed by atoms with Crippen LogP contribution in [-0.2, 0) is 11.3 Å². The van der Waals surface area contributed by atoms with Crippen LogP contribution in [0.2, 0.25) is 0 Å². The maximum absolute atomic E-state index is 13.2. The van der Waals surface area contributed by atoms with Gasteiger partial charge in [0.2, 0.25) is 5.91 Å². The van der Waals surface area contributed by atoms with Crippen LogP contribution in [0.15, 0.2) is 79.0 Å². The Morgan fingerprint density at radius 2 is 1.71 bits per heavy atom. The lowest BCUT2D eigenvalue weighted by Crippen LogP contribution is -2.34. The summed E-state index contributed by atoms with van der Waals surface area (Å²) in [5.74, 6) is 0.895. The zero-order valence-electron chi connectivity index (χ0n) is 22.7. The number of amides is 1. The zero-order chi connectivity index (χ0) is 26.3. The van der Waals surface area contributed by atoms with Crippen molar-refractivity contribution >= 4 is 16.8 Å². The Morgan fingerprint density at radius 3 is 2.45 bits per heavy atom. The van der Waals surface area contributed by atoms with Crippen LogP contribution < -0.4 is 10.1 Å². The molecule has 198 valence electrons. The SMILES string of the molecule is CCOc1ccc([C@H](CC(=O)NCCN2CCCC2)c2cn(Cc3ccc(C)cc3)c3ccccc23)cc1. The van der Waals surface area contributed by atoms with Crippen molar-refractivity contribution < 1.29 is 9.53 Å². The molecule has 1 amide bonds. The molecule has 0 aliphatic carbocycles. The molecule has 0 bridgehead atoms. The van der Waals surface area contributed by atoms with Crippen molar-refractivity contribution in [3.8, 4) is 5.75 Å². The standard InChI is InChI=1S/C33H39N3O2/c1-3-38-28-16-14-27(15-17-28)30(22-33(37)34-18-21-35-19-6-7-20-35)31-24-36(32-9-5-4-8-29(31)32)23-26-12-10-25(2)11-13-26/h4-5,8-17,24,30H,3,6-7,18-23H2,1-2H3,(H,34,37)/t30-/m0/s1. The van der Waals surface area contributed by atoms with Crippen molar-refractivity contribution in [1.29, 1.82) is 0 Å². The monoisotopic (exact) mass is 509 g/mol. The van der Waals surface area contributed by atoms with Gasteiger partial charge in [0.1, 0.15) is 5.75 Å². The Labute approximate surface area is 226 Å². The van der Waals surface area contributed by atoms with E-state index in [9.17, 15) is 4.79 Å². The van der Waals surface area contributed by atoms with Crippen molar-refractivity contribution in [3.63, 3.8) is 0 Å². The molecule has 0 unspecified atom stereocenters. The van der Waals surface area contributed by atoms with Gasteiger partial charge in [-0.05, 0) is 74.7 Å². The maximum Gasteiger partial charge on any atom is 0.220 e. The molecular formula is C33H39N3O2. The number of benzene rings is 3. The highest BCUT2D eigenvalue weighted by molar-refractivity contribution is 5.86. The van der Waals surface area contributed by atoms with Crippen molar-refractivity contribution in [2.45, 2.75) is 45.6 Å². The minimum atomic E-state index is -0.0540. The fourth-order valence-corrected chi connectivity index (χ4v) is 5.56. The lowest BCUT2D eigenvalue weighted by atomic mass is 9.88. The highest BCUT2D eigenvalue weighted by atomic mass is 16.5. The Morgan fingerprint density at radius 1 is 0.974 bits per heavy atom. The molecule has 1 saturated heterocycles. The number of aromatic nitrogens is 1. The van der Waals surface area contributed by atoms with E-state index >= 15 is 0 Å². The molecule has 4 aromatic rings. The summed E-state index contributed by atoms with van der Waals surface area (Å²) in [7, 11) is 0. The molecule has 1 aliphatic heterocycles. The average molecular weight is 510 g/mol. The van der Waals surface area contributed by atoms with Crippen LogP contribution in [-0.4, -0.2) is 48.2 Å². The van der Waals surface area contributed by atoms with Gasteiger partial charge in [-0.1, -0.05) is 60.2 Å². The van der Waals surface area contributed by atoms with Crippen LogP contribution in [0, 0.1) is 6.92 Å². The second-order valence-corrected chi connectivity index (χ2v) is 10.4. The third kappa shape index (κ3) is 6.28. The normalized spacial score (nSPS) is 14.6. The first-order chi connectivity index (χ1) is 18.6. The number of fused-ring (bicyclic) bond motifs is 1. The van der Waals surface area contributed by atoms with Gasteiger partial charge in [-0.25, -0.2) is 0 Å². The largest absolute Gasteiger partial charge is 0.494 e. The van der Waals surface area contributed by atoms with E-state index in [1.807, 2.05) is 19.1 Å². The van der Waals surface area contributed by atoms with Crippen LogP contribution in [0.5, 0.6) is 5.75 Å². The van der Waals surface area contributed by atoms with Crippen LogP contribution in [0.4, 0.5) is 0 Å². The van der Waals surface area contributed by atoms with E-state index in [1.54, 1.807) is 0 Å². The molecule has 5 nitrogen and oxygen atoms in total. The lowest BCUT2D eigenvalue weighted by Gasteiger charge is -2.19. The van der Waals surface area contributed by atoms with Gasteiger partial charge in [-0.2, -0.15) is 0 Å². The highest BCUT2D eigenvalue weighted by Crippen LogP contribution is 2.36. The first kappa shape index (κ1) is 26.1. The third-order valence-corrected chi connectivity index (χ3v) is 7.60. The number of nitrogens with zero attached hydrogens (tertiary/aromatic N) is 2. The number of hydrogen-bond acceptors (Lipinski definition) is 3. The van der Waals surface area contributed by atoms with Crippen LogP contribution >= 0.6 is 0 Å². The topological polar surface area (TPSA) is 46.5 Å². The van der Waals surface area contributed by atoms with E-state index in [2.05, 4.69) is 88.6 Å². The summed E-state index contributed by atoms with van der Waals surface area (Å²) in [6.45, 7) is 9.44. The van der Waals surface area contributed by atoms with Crippen molar-refractivity contribution in [1.82, 2.24) is 14.8 Å². The minimum Gasteiger partial charge on any atom is -0.494 e. The highest BCUT2D eigenvalue weighted by Gasteiger charge is 2.23. The molecule has 0 saturated carbocycles. The molecule has 38 heavy (non-hydrogen) atoms. The number of carbonyl (C=O) groups is 1. The Balaban J connectivity index is 1.44. The van der Waals surface area contributed by atoms with Gasteiger partial charge in [-0.3, -0.25) is 4.79 Å². The van der Waals surface area contributed by atoms with Crippen molar-refractivity contribution in [2.24, 2.45) is 0 Å². The predicted octanol–water partition coefficient (Wildman–Crippen LogP) is 6.13. The Bertz CT molecular complexity index is 1340. The molecule has 1 atom stereocenters. The number of nitrogens with one attached hydrogen (secondary N) is 1. The van der Waals surface area contributed by atoms with Crippen molar-refractivity contribution in [3.05, 3.63) is 101 Å². The fourth-order valence-electron chi connectivity index (χ4n) is 5.56. The zero-order valence-corrected chi connectivity index (χ0v) is 22.7. The van der Waals surface area contributed by atoms with Gasteiger partial charge in [0, 0.05) is 49.1 Å². The van der Waals surface area contributed by atoms with Gasteiger partial charge in [-0.15, -0.1) is 0 Å². The van der Waals surface area contributed by atoms with E-state index in [1.165, 1.54) is 40.4 Å². The van der Waals surface area contributed by atoms with E-state index in [0.29, 0.717) is 19.6 Å². The molecule has 3 aromatic carbocycles. The molecule has 2 heterocycles. The van der Waals surface area contributed by atoms with Gasteiger partial charge in [0.05, 0.1) is 6.61 Å². The maximum atomic E-state index is 13.2. The Hall–Kier alpha value is -3.57. The molecule has 1 N–H and O–H groups in total. The van der Waals surface area contributed by atoms with Gasteiger partial charge in [0.15, 0.2) is 0 Å². The first-order valence-corrected chi connectivity index (χ1v) is 14.0. The van der Waals surface area contributed by atoms with Gasteiger partial charge >= 0.3 is 0 Å². The summed E-state index contributed by atoms with van der Waals surface area (Å²) in [5.41, 5.74) is 6.03. The van der Waals surface area contributed by atoms with E-state index in [-0.39, 0.29) is 11.8 Å². The number of carbonyl (C=O) groups excluding carboxylic acids is 1. The molecule has 1 aliphatic rings. The molecule has 0 spiro atoms. The quantitative estimate of drug-likeness (QED) is 0.265. The lowest BCUT2D eigenvalue weighted by molar-refractivity contribution is -0.121. The predicted molar refractivity (Wildman–Crippen MR) is 155 cm³/mol. The van der Waals surface area contributed by atoms with Gasteiger partial charge < -0.3 is 19.5 Å². The molecule has 1 aromatic heterocycles. The first-order valence-electron chi connectivity index (χ1n) is 14.0. The smallest absolute Gasteiger partial charge is 0.220 e. The summed E-state index contributed by atoms with van der Waals surface area (Å²) in [5, 5.41) is 4.40. The molecule has 5 heteroatoms. The second-order valence-electron chi connectivity index (χ2n) is 10.4. The second kappa shape index (κ2) is 12.3. The Kier molecular flexibility index (Phi) is 8.44. The van der Waals surface area contributed by atoms with Crippen LogP contribution in [0.1, 0.15) is 54.4 Å². The summed E-state index contributed by atoms with van der Waals surface area (Å²) in [6.07, 6.45) is 5.19. The molecule has 1 fully saturated rings. The number of aryl methyl sites for hydroxylation is 1. The number of hydrogen-bond donors (Lipinski definition) is 1. The van der Waals surface area contributed by atoms with Crippen molar-refractivity contribution in [2.75, 3.05) is 32.8 Å². The molecule has 5 rings (SSSR count). The fraction of sp³-hybridized carbons (Fsp3) is 0.364. The third-order valence-electron chi connectivity index (χ3n) is 7.60. The van der Waals surface area contributed by atoms with Gasteiger partial charge in [0.25, 0.3) is 0 Å². The summed E-state index contributed by atoms with van der Waals surface area (Å²) < 4.78 is 8.01. The average Bonchev–Trinajstić information content (AvgIpc) is 3.58.